The minimum Gasteiger partial charge on any atom is -0.491 e. The van der Waals surface area contributed by atoms with E-state index in [1.165, 1.54) is 4.31 Å². The first-order valence-corrected chi connectivity index (χ1v) is 13.0. The first-order valence-electron chi connectivity index (χ1n) is 11.4. The standard InChI is InChI=1S/C25H34N2O4S/c1-20(2)31-24-14-6-11-22(17-24)18-26-25(28)23-13-7-15-27(19-23)32(29,30)16-8-12-21-9-4-3-5-10-21/h3-6,9-11,14,17,20,23H,7-8,12-13,15-16,18-19H2,1-2H3,(H,26,28)/t23-/m1/s1. The molecule has 1 aliphatic rings. The van der Waals surface area contributed by atoms with Crippen molar-refractivity contribution in [1.82, 2.24) is 9.62 Å². The molecule has 2 aromatic rings. The maximum Gasteiger partial charge on any atom is 0.224 e. The summed E-state index contributed by atoms with van der Waals surface area (Å²) >= 11 is 0. The van der Waals surface area contributed by atoms with Gasteiger partial charge in [-0.05, 0) is 62.8 Å². The van der Waals surface area contributed by atoms with E-state index in [4.69, 9.17) is 4.74 Å². The Balaban J connectivity index is 1.49. The second-order valence-electron chi connectivity index (χ2n) is 8.63. The molecule has 0 radical (unpaired) electrons. The topological polar surface area (TPSA) is 75.7 Å². The van der Waals surface area contributed by atoms with Crippen molar-refractivity contribution in [2.75, 3.05) is 18.8 Å². The Kier molecular flexibility index (Phi) is 8.70. The van der Waals surface area contributed by atoms with Crippen LogP contribution in [0.25, 0.3) is 0 Å². The van der Waals surface area contributed by atoms with Crippen molar-refractivity contribution >= 4 is 15.9 Å². The van der Waals surface area contributed by atoms with Gasteiger partial charge in [0.2, 0.25) is 15.9 Å². The van der Waals surface area contributed by atoms with Gasteiger partial charge in [0.1, 0.15) is 5.75 Å². The summed E-state index contributed by atoms with van der Waals surface area (Å²) in [5.74, 6) is 0.475. The Labute approximate surface area is 192 Å². The van der Waals surface area contributed by atoms with Crippen LogP contribution in [0, 0.1) is 5.92 Å². The van der Waals surface area contributed by atoms with E-state index in [0.29, 0.717) is 32.4 Å². The minimum atomic E-state index is -3.37. The largest absolute Gasteiger partial charge is 0.491 e. The molecule has 6 nitrogen and oxygen atoms in total. The van der Waals surface area contributed by atoms with E-state index in [9.17, 15) is 13.2 Å². The molecule has 1 N–H and O–H groups in total. The van der Waals surface area contributed by atoms with Gasteiger partial charge < -0.3 is 10.1 Å². The molecule has 0 unspecified atom stereocenters. The van der Waals surface area contributed by atoms with E-state index in [0.717, 1.165) is 23.3 Å². The van der Waals surface area contributed by atoms with E-state index in [-0.39, 0.29) is 30.2 Å². The zero-order valence-electron chi connectivity index (χ0n) is 19.0. The van der Waals surface area contributed by atoms with E-state index in [2.05, 4.69) is 5.32 Å². The average molecular weight is 459 g/mol. The van der Waals surface area contributed by atoms with Gasteiger partial charge in [0.15, 0.2) is 0 Å². The molecule has 2 aromatic carbocycles. The lowest BCUT2D eigenvalue weighted by Crippen LogP contribution is -2.46. The number of rotatable bonds is 10. The highest BCUT2D eigenvalue weighted by Crippen LogP contribution is 2.21. The number of hydrogen-bond donors (Lipinski definition) is 1. The molecular formula is C25H34N2O4S. The molecule has 174 valence electrons. The smallest absolute Gasteiger partial charge is 0.224 e. The van der Waals surface area contributed by atoms with Gasteiger partial charge in [0.05, 0.1) is 17.8 Å². The van der Waals surface area contributed by atoms with Gasteiger partial charge in [-0.25, -0.2) is 12.7 Å². The van der Waals surface area contributed by atoms with Gasteiger partial charge in [0, 0.05) is 19.6 Å². The highest BCUT2D eigenvalue weighted by molar-refractivity contribution is 7.89. The monoisotopic (exact) mass is 458 g/mol. The van der Waals surface area contributed by atoms with E-state index in [1.807, 2.05) is 68.4 Å². The van der Waals surface area contributed by atoms with Crippen molar-refractivity contribution in [3.8, 4) is 5.75 Å². The van der Waals surface area contributed by atoms with Crippen LogP contribution in [-0.2, 0) is 27.8 Å². The van der Waals surface area contributed by atoms with Crippen LogP contribution in [0.1, 0.15) is 44.2 Å². The lowest BCUT2D eigenvalue weighted by atomic mass is 9.99. The maximum atomic E-state index is 12.8. The summed E-state index contributed by atoms with van der Waals surface area (Å²) in [6.45, 7) is 5.09. The molecule has 0 bridgehead atoms. The van der Waals surface area contributed by atoms with Crippen molar-refractivity contribution in [2.45, 2.75) is 52.2 Å². The van der Waals surface area contributed by atoms with Gasteiger partial charge in [-0.2, -0.15) is 0 Å². The lowest BCUT2D eigenvalue weighted by Gasteiger charge is -2.31. The number of hydrogen-bond acceptors (Lipinski definition) is 4. The number of nitrogens with zero attached hydrogens (tertiary/aromatic N) is 1. The summed E-state index contributed by atoms with van der Waals surface area (Å²) in [5, 5.41) is 2.97. The van der Waals surface area contributed by atoms with Gasteiger partial charge in [-0.15, -0.1) is 0 Å². The number of benzene rings is 2. The Bertz CT molecular complexity index is 976. The summed E-state index contributed by atoms with van der Waals surface area (Å²) in [4.78, 5) is 12.7. The summed E-state index contributed by atoms with van der Waals surface area (Å²) in [7, 11) is -3.37. The zero-order chi connectivity index (χ0) is 23.0. The molecule has 1 aliphatic heterocycles. The Hall–Kier alpha value is -2.38. The maximum absolute atomic E-state index is 12.8. The molecule has 32 heavy (non-hydrogen) atoms. The molecule has 3 rings (SSSR count). The number of aryl methyl sites for hydroxylation is 1. The lowest BCUT2D eigenvalue weighted by molar-refractivity contribution is -0.126. The van der Waals surface area contributed by atoms with Crippen LogP contribution in [0.3, 0.4) is 0 Å². The van der Waals surface area contributed by atoms with E-state index in [1.54, 1.807) is 0 Å². The van der Waals surface area contributed by atoms with Gasteiger partial charge in [0.25, 0.3) is 0 Å². The number of nitrogens with one attached hydrogen (secondary N) is 1. The number of carbonyl (C=O) groups excluding carboxylic acids is 1. The summed E-state index contributed by atoms with van der Waals surface area (Å²) in [5.41, 5.74) is 2.10. The van der Waals surface area contributed by atoms with Crippen LogP contribution >= 0.6 is 0 Å². The zero-order valence-corrected chi connectivity index (χ0v) is 19.8. The third-order valence-corrected chi connectivity index (χ3v) is 7.52. The fourth-order valence-electron chi connectivity index (χ4n) is 3.98. The summed E-state index contributed by atoms with van der Waals surface area (Å²) < 4.78 is 32.9. The van der Waals surface area contributed by atoms with Crippen LogP contribution < -0.4 is 10.1 Å². The normalized spacial score (nSPS) is 17.3. The molecule has 0 aliphatic carbocycles. The number of amides is 1. The first kappa shape index (κ1) is 24.3. The van der Waals surface area contributed by atoms with Crippen molar-refractivity contribution in [3.63, 3.8) is 0 Å². The van der Waals surface area contributed by atoms with Gasteiger partial charge in [-0.3, -0.25) is 4.79 Å². The van der Waals surface area contributed by atoms with Gasteiger partial charge in [-0.1, -0.05) is 42.5 Å². The second-order valence-corrected chi connectivity index (χ2v) is 10.7. The second kappa shape index (κ2) is 11.5. The van der Waals surface area contributed by atoms with Crippen LogP contribution in [0.2, 0.25) is 0 Å². The predicted octanol–water partition coefficient (Wildman–Crippen LogP) is 3.76. The highest BCUT2D eigenvalue weighted by Gasteiger charge is 2.31. The molecule has 1 fully saturated rings. The number of piperidine rings is 1. The number of sulfonamides is 1. The fraction of sp³-hybridized carbons (Fsp3) is 0.480. The Morgan fingerprint density at radius 3 is 2.62 bits per heavy atom. The van der Waals surface area contributed by atoms with E-state index >= 15 is 0 Å². The molecule has 0 aromatic heterocycles. The minimum absolute atomic E-state index is 0.0858. The summed E-state index contributed by atoms with van der Waals surface area (Å²) in [6, 6.07) is 17.6. The van der Waals surface area contributed by atoms with Crippen molar-refractivity contribution < 1.29 is 17.9 Å². The molecule has 1 amide bonds. The summed E-state index contributed by atoms with van der Waals surface area (Å²) in [6.07, 6.45) is 2.81. The third-order valence-electron chi connectivity index (χ3n) is 5.60. The Morgan fingerprint density at radius 1 is 1.12 bits per heavy atom. The average Bonchev–Trinajstić information content (AvgIpc) is 2.78. The van der Waals surface area contributed by atoms with Crippen molar-refractivity contribution in [1.29, 1.82) is 0 Å². The fourth-order valence-corrected chi connectivity index (χ4v) is 5.56. The highest BCUT2D eigenvalue weighted by atomic mass is 32.2. The molecule has 0 spiro atoms. The SMILES string of the molecule is CC(C)Oc1cccc(CNC(=O)[C@@H]2CCCN(S(=O)(=O)CCCc3ccccc3)C2)c1. The molecule has 1 saturated heterocycles. The predicted molar refractivity (Wildman–Crippen MR) is 127 cm³/mol. The number of ether oxygens (including phenoxy) is 1. The quantitative estimate of drug-likeness (QED) is 0.588. The molecular weight excluding hydrogens is 424 g/mol. The van der Waals surface area contributed by atoms with E-state index < -0.39 is 10.0 Å². The van der Waals surface area contributed by atoms with Crippen molar-refractivity contribution in [3.05, 3.63) is 65.7 Å². The Morgan fingerprint density at radius 2 is 1.88 bits per heavy atom. The third kappa shape index (κ3) is 7.35. The number of carbonyl (C=O) groups is 1. The molecule has 7 heteroatoms. The van der Waals surface area contributed by atoms with Crippen LogP contribution in [0.15, 0.2) is 54.6 Å². The molecule has 1 heterocycles. The molecule has 0 saturated carbocycles. The van der Waals surface area contributed by atoms with Crippen LogP contribution in [0.5, 0.6) is 5.75 Å². The first-order chi connectivity index (χ1) is 15.3. The van der Waals surface area contributed by atoms with Crippen molar-refractivity contribution in [2.24, 2.45) is 5.92 Å². The van der Waals surface area contributed by atoms with Gasteiger partial charge >= 0.3 is 0 Å². The van der Waals surface area contributed by atoms with Crippen LogP contribution in [0.4, 0.5) is 0 Å². The molecule has 1 atom stereocenters. The van der Waals surface area contributed by atoms with Crippen LogP contribution in [-0.4, -0.2) is 43.6 Å².